The molecular weight excluding hydrogens is 277 g/mol. The van der Waals surface area contributed by atoms with E-state index < -0.39 is 0 Å². The summed E-state index contributed by atoms with van der Waals surface area (Å²) in [4.78, 5) is 12.9. The van der Waals surface area contributed by atoms with Crippen LogP contribution in [0.2, 0.25) is 0 Å². The van der Waals surface area contributed by atoms with Crippen molar-refractivity contribution in [3.05, 3.63) is 71.7 Å². The molecule has 0 N–H and O–H groups in total. The molecule has 0 saturated carbocycles. The quantitative estimate of drug-likeness (QED) is 0.634. The first kappa shape index (κ1) is 14.5. The van der Waals surface area contributed by atoms with Crippen molar-refractivity contribution in [2.24, 2.45) is 0 Å². The predicted octanol–water partition coefficient (Wildman–Crippen LogP) is 4.77. The number of hydrogen-bond acceptors (Lipinski definition) is 1. The maximum Gasteiger partial charge on any atom is 0.262 e. The molecule has 0 saturated heterocycles. The first-order chi connectivity index (χ1) is 10.4. The standard InChI is InChI=1S/C19H18FNO/c1-19(2,3)17-12-14-11-15(20)9-10-16(14)21(17)18(22)13-7-5-4-6-8-13/h4-12H,1-3H3. The number of carbonyl (C=O) groups excluding carboxylic acids is 1. The predicted molar refractivity (Wildman–Crippen MR) is 86.8 cm³/mol. The highest BCUT2D eigenvalue weighted by molar-refractivity contribution is 6.03. The lowest BCUT2D eigenvalue weighted by Crippen LogP contribution is -2.22. The van der Waals surface area contributed by atoms with Gasteiger partial charge in [-0.3, -0.25) is 9.36 Å². The summed E-state index contributed by atoms with van der Waals surface area (Å²) in [6.45, 7) is 6.14. The van der Waals surface area contributed by atoms with Gasteiger partial charge in [-0.2, -0.15) is 0 Å². The minimum absolute atomic E-state index is 0.0906. The third kappa shape index (κ3) is 2.43. The molecule has 2 aromatic carbocycles. The Morgan fingerprint density at radius 2 is 1.68 bits per heavy atom. The largest absolute Gasteiger partial charge is 0.280 e. The molecule has 3 heteroatoms. The van der Waals surface area contributed by atoms with Crippen LogP contribution in [0.5, 0.6) is 0 Å². The van der Waals surface area contributed by atoms with Gasteiger partial charge in [-0.25, -0.2) is 4.39 Å². The van der Waals surface area contributed by atoms with Gasteiger partial charge >= 0.3 is 0 Å². The molecule has 0 atom stereocenters. The summed E-state index contributed by atoms with van der Waals surface area (Å²) in [6.07, 6.45) is 0. The van der Waals surface area contributed by atoms with Crippen molar-refractivity contribution in [1.29, 1.82) is 0 Å². The molecule has 3 aromatic rings. The molecule has 0 fully saturated rings. The highest BCUT2D eigenvalue weighted by Crippen LogP contribution is 2.30. The summed E-state index contributed by atoms with van der Waals surface area (Å²) in [5, 5.41) is 0.745. The second-order valence-electron chi connectivity index (χ2n) is 6.49. The van der Waals surface area contributed by atoms with Crippen LogP contribution in [0.15, 0.2) is 54.6 Å². The Labute approximate surface area is 129 Å². The molecule has 0 unspecified atom stereocenters. The van der Waals surface area contributed by atoms with Gasteiger partial charge in [0, 0.05) is 22.1 Å². The molecule has 0 spiro atoms. The molecule has 3 rings (SSSR count). The number of halogens is 1. The molecule has 0 aliphatic rings. The van der Waals surface area contributed by atoms with Crippen molar-refractivity contribution in [3.63, 3.8) is 0 Å². The normalized spacial score (nSPS) is 11.8. The van der Waals surface area contributed by atoms with Crippen molar-refractivity contribution >= 4 is 16.8 Å². The number of benzene rings is 2. The van der Waals surface area contributed by atoms with E-state index in [2.05, 4.69) is 0 Å². The minimum Gasteiger partial charge on any atom is -0.280 e. The zero-order valence-electron chi connectivity index (χ0n) is 12.9. The number of carbonyl (C=O) groups is 1. The van der Waals surface area contributed by atoms with E-state index in [4.69, 9.17) is 0 Å². The number of fused-ring (bicyclic) bond motifs is 1. The Bertz CT molecular complexity index is 841. The van der Waals surface area contributed by atoms with Crippen molar-refractivity contribution < 1.29 is 9.18 Å². The lowest BCUT2D eigenvalue weighted by atomic mass is 9.92. The average molecular weight is 295 g/mol. The summed E-state index contributed by atoms with van der Waals surface area (Å²) in [5.74, 6) is -0.385. The molecule has 2 nitrogen and oxygen atoms in total. The Kier molecular flexibility index (Phi) is 3.36. The molecule has 0 radical (unpaired) electrons. The fraction of sp³-hybridized carbons (Fsp3) is 0.211. The third-order valence-electron chi connectivity index (χ3n) is 3.76. The van der Waals surface area contributed by atoms with E-state index in [1.54, 1.807) is 22.8 Å². The zero-order chi connectivity index (χ0) is 15.9. The van der Waals surface area contributed by atoms with Crippen LogP contribution in [0, 0.1) is 5.82 Å². The number of rotatable bonds is 1. The van der Waals surface area contributed by atoms with Crippen molar-refractivity contribution in [1.82, 2.24) is 4.57 Å². The van der Waals surface area contributed by atoms with E-state index >= 15 is 0 Å². The molecule has 0 aliphatic carbocycles. The monoisotopic (exact) mass is 295 g/mol. The molecule has 0 aliphatic heterocycles. The Morgan fingerprint density at radius 1 is 1.00 bits per heavy atom. The van der Waals surface area contributed by atoms with E-state index in [0.717, 1.165) is 16.6 Å². The summed E-state index contributed by atoms with van der Waals surface area (Å²) in [5.41, 5.74) is 2.01. The van der Waals surface area contributed by atoms with Gasteiger partial charge in [-0.05, 0) is 36.4 Å². The Balaban J connectivity index is 2.29. The zero-order valence-corrected chi connectivity index (χ0v) is 12.9. The van der Waals surface area contributed by atoms with Gasteiger partial charge in [0.25, 0.3) is 5.91 Å². The lowest BCUT2D eigenvalue weighted by Gasteiger charge is -2.21. The second-order valence-corrected chi connectivity index (χ2v) is 6.49. The SMILES string of the molecule is CC(C)(C)c1cc2cc(F)ccc2n1C(=O)c1ccccc1. The fourth-order valence-electron chi connectivity index (χ4n) is 2.67. The van der Waals surface area contributed by atoms with Crippen LogP contribution >= 0.6 is 0 Å². The maximum atomic E-state index is 13.5. The van der Waals surface area contributed by atoms with Gasteiger partial charge in [-0.15, -0.1) is 0 Å². The third-order valence-corrected chi connectivity index (χ3v) is 3.76. The van der Waals surface area contributed by atoms with E-state index in [1.807, 2.05) is 45.0 Å². The van der Waals surface area contributed by atoms with Crippen molar-refractivity contribution in [3.8, 4) is 0 Å². The highest BCUT2D eigenvalue weighted by atomic mass is 19.1. The molecule has 0 amide bonds. The number of nitrogens with zero attached hydrogens (tertiary/aromatic N) is 1. The van der Waals surface area contributed by atoms with Crippen LogP contribution in [0.3, 0.4) is 0 Å². The van der Waals surface area contributed by atoms with Crippen LogP contribution < -0.4 is 0 Å². The summed E-state index contributed by atoms with van der Waals surface area (Å²) < 4.78 is 15.2. The van der Waals surface area contributed by atoms with Crippen LogP contribution in [-0.4, -0.2) is 10.5 Å². The van der Waals surface area contributed by atoms with Crippen molar-refractivity contribution in [2.45, 2.75) is 26.2 Å². The van der Waals surface area contributed by atoms with E-state index in [0.29, 0.717) is 5.56 Å². The van der Waals surface area contributed by atoms with Gasteiger partial charge in [-0.1, -0.05) is 39.0 Å². The maximum absolute atomic E-state index is 13.5. The van der Waals surface area contributed by atoms with Crippen LogP contribution in [0.25, 0.3) is 10.9 Å². The molecular formula is C19H18FNO. The summed E-state index contributed by atoms with van der Waals surface area (Å²) in [7, 11) is 0. The Morgan fingerprint density at radius 3 is 2.32 bits per heavy atom. The van der Waals surface area contributed by atoms with Crippen LogP contribution in [-0.2, 0) is 5.41 Å². The first-order valence-electron chi connectivity index (χ1n) is 7.29. The van der Waals surface area contributed by atoms with E-state index in [9.17, 15) is 9.18 Å². The first-order valence-corrected chi connectivity index (χ1v) is 7.29. The lowest BCUT2D eigenvalue weighted by molar-refractivity contribution is 0.0958. The Hall–Kier alpha value is -2.42. The van der Waals surface area contributed by atoms with E-state index in [1.165, 1.54) is 12.1 Å². The number of aromatic nitrogens is 1. The van der Waals surface area contributed by atoms with Gasteiger partial charge < -0.3 is 0 Å². The smallest absolute Gasteiger partial charge is 0.262 e. The molecule has 22 heavy (non-hydrogen) atoms. The van der Waals surface area contributed by atoms with Crippen molar-refractivity contribution in [2.75, 3.05) is 0 Å². The minimum atomic E-state index is -0.294. The second kappa shape index (κ2) is 5.09. The molecule has 1 aromatic heterocycles. The van der Waals surface area contributed by atoms with Gasteiger partial charge in [0.15, 0.2) is 0 Å². The van der Waals surface area contributed by atoms with Crippen LogP contribution in [0.4, 0.5) is 4.39 Å². The summed E-state index contributed by atoms with van der Waals surface area (Å²) >= 11 is 0. The average Bonchev–Trinajstić information content (AvgIpc) is 2.86. The van der Waals surface area contributed by atoms with E-state index in [-0.39, 0.29) is 17.1 Å². The van der Waals surface area contributed by atoms with Crippen LogP contribution in [0.1, 0.15) is 36.8 Å². The topological polar surface area (TPSA) is 22.0 Å². The fourth-order valence-corrected chi connectivity index (χ4v) is 2.67. The summed E-state index contributed by atoms with van der Waals surface area (Å²) in [6, 6.07) is 15.6. The number of hydrogen-bond donors (Lipinski definition) is 0. The van der Waals surface area contributed by atoms with Gasteiger partial charge in [0.1, 0.15) is 5.82 Å². The molecule has 0 bridgehead atoms. The van der Waals surface area contributed by atoms with Gasteiger partial charge in [0.05, 0.1) is 5.52 Å². The molecule has 1 heterocycles. The highest BCUT2D eigenvalue weighted by Gasteiger charge is 2.25. The molecule has 112 valence electrons. The van der Waals surface area contributed by atoms with Gasteiger partial charge in [0.2, 0.25) is 0 Å².